The van der Waals surface area contributed by atoms with Gasteiger partial charge in [0.05, 0.1) is 0 Å². The number of piperidine rings is 1. The number of aliphatic imine (C=N–C) groups is 1. The van der Waals surface area contributed by atoms with Crippen molar-refractivity contribution in [3.05, 3.63) is 0 Å². The predicted octanol–water partition coefficient (Wildman–Crippen LogP) is -0.635. The zero-order chi connectivity index (χ0) is 11.5. The van der Waals surface area contributed by atoms with Crippen LogP contribution in [-0.4, -0.2) is 53.9 Å². The lowest BCUT2D eigenvalue weighted by molar-refractivity contribution is 0.0794. The van der Waals surface area contributed by atoms with Crippen LogP contribution in [0.15, 0.2) is 4.99 Å². The van der Waals surface area contributed by atoms with E-state index in [4.69, 9.17) is 16.9 Å². The van der Waals surface area contributed by atoms with Gasteiger partial charge in [-0.25, -0.2) is 0 Å². The first-order valence-corrected chi connectivity index (χ1v) is 5.84. The van der Waals surface area contributed by atoms with Gasteiger partial charge < -0.3 is 16.4 Å². The van der Waals surface area contributed by atoms with Gasteiger partial charge in [0.15, 0.2) is 5.96 Å². The topological polar surface area (TPSA) is 94.7 Å². The largest absolute Gasteiger partial charge is 0.370 e. The van der Waals surface area contributed by atoms with E-state index in [-0.39, 0.29) is 11.9 Å². The van der Waals surface area contributed by atoms with E-state index in [1.165, 1.54) is 25.8 Å². The first-order chi connectivity index (χ1) is 7.66. The summed E-state index contributed by atoms with van der Waals surface area (Å²) >= 11 is 0. The van der Waals surface area contributed by atoms with Crippen molar-refractivity contribution < 1.29 is 0 Å². The van der Waals surface area contributed by atoms with Gasteiger partial charge in [-0.05, 0) is 19.4 Å². The standard InChI is InChI=1S/C10H20N6/c11-9(12)14-10(13)16-6-5-15-4-2-1-3-8(15)7-16/h8H,1-7H2,(H5,11,12,13,14). The molecule has 2 rings (SSSR count). The fourth-order valence-corrected chi connectivity index (χ4v) is 2.54. The molecule has 0 bridgehead atoms. The monoisotopic (exact) mass is 224 g/mol. The van der Waals surface area contributed by atoms with Crippen molar-refractivity contribution in [1.29, 1.82) is 5.41 Å². The maximum absolute atomic E-state index is 7.78. The molecule has 5 N–H and O–H groups in total. The molecule has 0 saturated carbocycles. The zero-order valence-electron chi connectivity index (χ0n) is 9.52. The number of piperazine rings is 1. The normalized spacial score (nSPS) is 26.0. The Bertz CT molecular complexity index is 296. The molecule has 2 aliphatic rings. The van der Waals surface area contributed by atoms with E-state index in [2.05, 4.69) is 9.89 Å². The highest BCUT2D eigenvalue weighted by Crippen LogP contribution is 2.21. The highest BCUT2D eigenvalue weighted by atomic mass is 15.3. The Morgan fingerprint density at radius 2 is 2.00 bits per heavy atom. The SMILES string of the molecule is N=C(N=C(N)N)N1CCN2CCCCC2C1. The summed E-state index contributed by atoms with van der Waals surface area (Å²) in [4.78, 5) is 8.28. The molecule has 2 fully saturated rings. The summed E-state index contributed by atoms with van der Waals surface area (Å²) in [5, 5.41) is 7.78. The van der Waals surface area contributed by atoms with Crippen LogP contribution in [0.4, 0.5) is 0 Å². The lowest BCUT2D eigenvalue weighted by Gasteiger charge is -2.44. The van der Waals surface area contributed by atoms with Crippen LogP contribution in [0.3, 0.4) is 0 Å². The zero-order valence-corrected chi connectivity index (χ0v) is 9.52. The summed E-state index contributed by atoms with van der Waals surface area (Å²) in [7, 11) is 0. The third kappa shape index (κ3) is 2.44. The van der Waals surface area contributed by atoms with Gasteiger partial charge in [-0.1, -0.05) is 6.42 Å². The first kappa shape index (κ1) is 11.2. The van der Waals surface area contributed by atoms with Crippen LogP contribution in [0.1, 0.15) is 19.3 Å². The number of nitrogens with one attached hydrogen (secondary N) is 1. The molecule has 0 amide bonds. The van der Waals surface area contributed by atoms with E-state index in [0.29, 0.717) is 6.04 Å². The molecule has 6 nitrogen and oxygen atoms in total. The maximum Gasteiger partial charge on any atom is 0.221 e. The number of hydrogen-bond donors (Lipinski definition) is 3. The van der Waals surface area contributed by atoms with Gasteiger partial charge >= 0.3 is 0 Å². The number of fused-ring (bicyclic) bond motifs is 1. The minimum absolute atomic E-state index is 0.0314. The third-order valence-corrected chi connectivity index (χ3v) is 3.37. The molecule has 90 valence electrons. The Labute approximate surface area is 95.8 Å². The molecule has 0 aromatic heterocycles. The summed E-state index contributed by atoms with van der Waals surface area (Å²) in [6.07, 6.45) is 3.83. The number of guanidine groups is 2. The molecular formula is C10H20N6. The maximum atomic E-state index is 7.78. The molecule has 2 heterocycles. The van der Waals surface area contributed by atoms with Gasteiger partial charge in [0.1, 0.15) is 0 Å². The lowest BCUT2D eigenvalue weighted by atomic mass is 10.00. The Kier molecular flexibility index (Phi) is 3.28. The molecule has 1 atom stereocenters. The third-order valence-electron chi connectivity index (χ3n) is 3.37. The molecule has 16 heavy (non-hydrogen) atoms. The summed E-state index contributed by atoms with van der Waals surface area (Å²) in [6, 6.07) is 0.581. The van der Waals surface area contributed by atoms with Crippen molar-refractivity contribution in [2.75, 3.05) is 26.2 Å². The fraction of sp³-hybridized carbons (Fsp3) is 0.800. The summed E-state index contributed by atoms with van der Waals surface area (Å²) in [6.45, 7) is 3.96. The van der Waals surface area contributed by atoms with Crippen molar-refractivity contribution in [2.24, 2.45) is 16.5 Å². The van der Waals surface area contributed by atoms with Crippen LogP contribution in [0, 0.1) is 5.41 Å². The van der Waals surface area contributed by atoms with Crippen molar-refractivity contribution >= 4 is 11.9 Å². The van der Waals surface area contributed by atoms with Crippen LogP contribution in [0.2, 0.25) is 0 Å². The van der Waals surface area contributed by atoms with E-state index in [0.717, 1.165) is 19.6 Å². The van der Waals surface area contributed by atoms with Crippen molar-refractivity contribution in [3.63, 3.8) is 0 Å². The Hall–Kier alpha value is -1.30. The van der Waals surface area contributed by atoms with Gasteiger partial charge in [-0.2, -0.15) is 4.99 Å². The lowest BCUT2D eigenvalue weighted by Crippen LogP contribution is -2.56. The highest BCUT2D eigenvalue weighted by Gasteiger charge is 2.29. The van der Waals surface area contributed by atoms with Crippen LogP contribution < -0.4 is 11.5 Å². The minimum atomic E-state index is -0.0314. The van der Waals surface area contributed by atoms with Gasteiger partial charge in [0.2, 0.25) is 5.96 Å². The summed E-state index contributed by atoms with van der Waals surface area (Å²) < 4.78 is 0. The van der Waals surface area contributed by atoms with Gasteiger partial charge in [0.25, 0.3) is 0 Å². The molecule has 6 heteroatoms. The first-order valence-electron chi connectivity index (χ1n) is 5.84. The number of nitrogens with two attached hydrogens (primary N) is 2. The average molecular weight is 224 g/mol. The number of nitrogens with zero attached hydrogens (tertiary/aromatic N) is 3. The molecular weight excluding hydrogens is 204 g/mol. The van der Waals surface area contributed by atoms with E-state index in [1.807, 2.05) is 4.90 Å². The Balaban J connectivity index is 1.94. The molecule has 0 aromatic carbocycles. The van der Waals surface area contributed by atoms with E-state index in [9.17, 15) is 0 Å². The smallest absolute Gasteiger partial charge is 0.221 e. The van der Waals surface area contributed by atoms with E-state index in [1.54, 1.807) is 0 Å². The number of hydrogen-bond acceptors (Lipinski definition) is 2. The predicted molar refractivity (Wildman–Crippen MR) is 64.3 cm³/mol. The molecule has 2 saturated heterocycles. The van der Waals surface area contributed by atoms with Crippen molar-refractivity contribution in [2.45, 2.75) is 25.3 Å². The summed E-state index contributed by atoms with van der Waals surface area (Å²) in [5.41, 5.74) is 10.6. The number of rotatable bonds is 0. The average Bonchev–Trinajstić information content (AvgIpc) is 2.27. The van der Waals surface area contributed by atoms with Crippen molar-refractivity contribution in [1.82, 2.24) is 9.80 Å². The Morgan fingerprint density at radius 3 is 2.75 bits per heavy atom. The van der Waals surface area contributed by atoms with E-state index < -0.39 is 0 Å². The molecule has 0 radical (unpaired) electrons. The van der Waals surface area contributed by atoms with Gasteiger partial charge in [-0.3, -0.25) is 10.3 Å². The van der Waals surface area contributed by atoms with Crippen molar-refractivity contribution in [3.8, 4) is 0 Å². The van der Waals surface area contributed by atoms with Crippen LogP contribution in [0.25, 0.3) is 0 Å². The van der Waals surface area contributed by atoms with Crippen LogP contribution in [0.5, 0.6) is 0 Å². The quantitative estimate of drug-likeness (QED) is 0.377. The molecule has 2 aliphatic heterocycles. The van der Waals surface area contributed by atoms with Crippen LogP contribution >= 0.6 is 0 Å². The highest BCUT2D eigenvalue weighted by molar-refractivity contribution is 5.91. The Morgan fingerprint density at radius 1 is 1.19 bits per heavy atom. The molecule has 0 aliphatic carbocycles. The second kappa shape index (κ2) is 4.69. The van der Waals surface area contributed by atoms with E-state index >= 15 is 0 Å². The minimum Gasteiger partial charge on any atom is -0.370 e. The van der Waals surface area contributed by atoms with Gasteiger partial charge in [0, 0.05) is 25.7 Å². The second-order valence-corrected chi connectivity index (χ2v) is 4.49. The molecule has 0 aromatic rings. The summed E-state index contributed by atoms with van der Waals surface area (Å²) in [5.74, 6) is 0.168. The van der Waals surface area contributed by atoms with Crippen LogP contribution in [-0.2, 0) is 0 Å². The molecule has 0 spiro atoms. The molecule has 1 unspecified atom stereocenters. The second-order valence-electron chi connectivity index (χ2n) is 4.49. The fourth-order valence-electron chi connectivity index (χ4n) is 2.54. The van der Waals surface area contributed by atoms with Gasteiger partial charge in [-0.15, -0.1) is 0 Å².